The summed E-state index contributed by atoms with van der Waals surface area (Å²) in [4.78, 5) is 22.8. The molecule has 20 heavy (non-hydrogen) atoms. The van der Waals surface area contributed by atoms with Crippen molar-refractivity contribution >= 4 is 5.91 Å². The Labute approximate surface area is 121 Å². The van der Waals surface area contributed by atoms with Crippen LogP contribution in [0.4, 0.5) is 0 Å². The molecule has 1 unspecified atom stereocenters. The number of likely N-dealkylation sites (tertiary alicyclic amines) is 1. The second kappa shape index (κ2) is 6.33. The molecule has 0 spiro atoms. The van der Waals surface area contributed by atoms with E-state index in [-0.39, 0.29) is 5.91 Å². The molecule has 0 N–H and O–H groups in total. The smallest absolute Gasteiger partial charge is 0.219 e. The van der Waals surface area contributed by atoms with E-state index in [1.165, 1.54) is 0 Å². The first-order valence-corrected chi connectivity index (χ1v) is 7.55. The third-order valence-corrected chi connectivity index (χ3v) is 3.80. The first kappa shape index (κ1) is 14.9. The molecule has 1 aromatic rings. The number of rotatable bonds is 3. The van der Waals surface area contributed by atoms with Crippen molar-refractivity contribution in [3.63, 3.8) is 0 Å². The van der Waals surface area contributed by atoms with Crippen LogP contribution >= 0.6 is 0 Å². The van der Waals surface area contributed by atoms with E-state index in [0.717, 1.165) is 49.6 Å². The average molecular weight is 275 g/mol. The van der Waals surface area contributed by atoms with Gasteiger partial charge in [0.25, 0.3) is 0 Å². The van der Waals surface area contributed by atoms with E-state index in [1.807, 2.05) is 11.8 Å². The maximum atomic E-state index is 11.5. The summed E-state index contributed by atoms with van der Waals surface area (Å²) in [7, 11) is 0. The topological polar surface area (TPSA) is 46.1 Å². The molecule has 0 saturated carbocycles. The Balaban J connectivity index is 2.18. The van der Waals surface area contributed by atoms with Crippen LogP contribution in [0.5, 0.6) is 0 Å². The van der Waals surface area contributed by atoms with Crippen molar-refractivity contribution in [2.75, 3.05) is 13.1 Å². The number of hydrogen-bond acceptors (Lipinski definition) is 3. The highest BCUT2D eigenvalue weighted by Crippen LogP contribution is 2.26. The molecule has 1 fully saturated rings. The Morgan fingerprint density at radius 3 is 2.85 bits per heavy atom. The van der Waals surface area contributed by atoms with Gasteiger partial charge in [0, 0.05) is 43.7 Å². The summed E-state index contributed by atoms with van der Waals surface area (Å²) >= 11 is 0. The van der Waals surface area contributed by atoms with Crippen molar-refractivity contribution in [2.45, 2.75) is 52.9 Å². The molecular weight excluding hydrogens is 250 g/mol. The molecule has 4 nitrogen and oxygen atoms in total. The van der Waals surface area contributed by atoms with E-state index in [9.17, 15) is 4.79 Å². The van der Waals surface area contributed by atoms with E-state index in [2.05, 4.69) is 24.9 Å². The molecule has 2 heterocycles. The second-order valence-electron chi connectivity index (χ2n) is 6.25. The SMILES string of the molecule is CC(=O)N1CCCC(c2cc(C)nc(CC(C)C)n2)C1. The summed E-state index contributed by atoms with van der Waals surface area (Å²) in [6, 6.07) is 2.08. The van der Waals surface area contributed by atoms with Crippen LogP contribution in [0.3, 0.4) is 0 Å². The van der Waals surface area contributed by atoms with Crippen LogP contribution in [0.1, 0.15) is 56.7 Å². The Kier molecular flexibility index (Phi) is 4.73. The molecule has 1 atom stereocenters. The van der Waals surface area contributed by atoms with E-state index in [1.54, 1.807) is 6.92 Å². The zero-order chi connectivity index (χ0) is 14.7. The number of piperidine rings is 1. The number of aryl methyl sites for hydroxylation is 1. The fraction of sp³-hybridized carbons (Fsp3) is 0.688. The van der Waals surface area contributed by atoms with Gasteiger partial charge in [0.1, 0.15) is 5.82 Å². The van der Waals surface area contributed by atoms with Gasteiger partial charge in [-0.1, -0.05) is 13.8 Å². The maximum absolute atomic E-state index is 11.5. The van der Waals surface area contributed by atoms with Crippen LogP contribution in [0.15, 0.2) is 6.07 Å². The molecule has 0 aromatic carbocycles. The lowest BCUT2D eigenvalue weighted by Crippen LogP contribution is -2.38. The van der Waals surface area contributed by atoms with Gasteiger partial charge in [-0.2, -0.15) is 0 Å². The molecule has 4 heteroatoms. The number of hydrogen-bond donors (Lipinski definition) is 0. The summed E-state index contributed by atoms with van der Waals surface area (Å²) in [5, 5.41) is 0. The van der Waals surface area contributed by atoms with Crippen molar-refractivity contribution in [2.24, 2.45) is 5.92 Å². The Morgan fingerprint density at radius 2 is 2.20 bits per heavy atom. The van der Waals surface area contributed by atoms with Crippen LogP contribution in [0.2, 0.25) is 0 Å². The van der Waals surface area contributed by atoms with Crippen molar-refractivity contribution < 1.29 is 4.79 Å². The Bertz CT molecular complexity index is 485. The highest BCUT2D eigenvalue weighted by atomic mass is 16.2. The molecule has 0 bridgehead atoms. The van der Waals surface area contributed by atoms with E-state index in [0.29, 0.717) is 11.8 Å². The molecule has 1 aliphatic rings. The first-order chi connectivity index (χ1) is 9.45. The first-order valence-electron chi connectivity index (χ1n) is 7.55. The van der Waals surface area contributed by atoms with Crippen molar-refractivity contribution in [1.29, 1.82) is 0 Å². The van der Waals surface area contributed by atoms with Crippen molar-refractivity contribution in [3.8, 4) is 0 Å². The van der Waals surface area contributed by atoms with Gasteiger partial charge in [0.05, 0.1) is 0 Å². The number of amides is 1. The summed E-state index contributed by atoms with van der Waals surface area (Å²) in [5.74, 6) is 2.03. The van der Waals surface area contributed by atoms with Gasteiger partial charge in [-0.05, 0) is 31.7 Å². The monoisotopic (exact) mass is 275 g/mol. The number of aromatic nitrogens is 2. The molecule has 110 valence electrons. The predicted molar refractivity (Wildman–Crippen MR) is 79.5 cm³/mol. The van der Waals surface area contributed by atoms with Crippen LogP contribution in [-0.2, 0) is 11.2 Å². The van der Waals surface area contributed by atoms with Gasteiger partial charge in [-0.3, -0.25) is 4.79 Å². The normalized spacial score (nSPS) is 19.4. The zero-order valence-electron chi connectivity index (χ0n) is 13.0. The number of carbonyl (C=O) groups is 1. The fourth-order valence-corrected chi connectivity index (χ4v) is 2.83. The lowest BCUT2D eigenvalue weighted by atomic mass is 9.94. The molecule has 1 aromatic heterocycles. The highest BCUT2D eigenvalue weighted by molar-refractivity contribution is 5.73. The van der Waals surface area contributed by atoms with Gasteiger partial charge < -0.3 is 4.90 Å². The lowest BCUT2D eigenvalue weighted by molar-refractivity contribution is -0.130. The van der Waals surface area contributed by atoms with Gasteiger partial charge >= 0.3 is 0 Å². The molecule has 0 radical (unpaired) electrons. The molecule has 1 aliphatic heterocycles. The summed E-state index contributed by atoms with van der Waals surface area (Å²) < 4.78 is 0. The Hall–Kier alpha value is -1.45. The van der Waals surface area contributed by atoms with Crippen molar-refractivity contribution in [1.82, 2.24) is 14.9 Å². The van der Waals surface area contributed by atoms with Gasteiger partial charge in [-0.15, -0.1) is 0 Å². The molecule has 1 amide bonds. The minimum absolute atomic E-state index is 0.169. The molecule has 0 aliphatic carbocycles. The van der Waals surface area contributed by atoms with E-state index >= 15 is 0 Å². The number of nitrogens with zero attached hydrogens (tertiary/aromatic N) is 3. The predicted octanol–water partition coefficient (Wildman–Crippen LogP) is 2.71. The summed E-state index contributed by atoms with van der Waals surface area (Å²) in [5.41, 5.74) is 2.14. The van der Waals surface area contributed by atoms with Crippen molar-refractivity contribution in [3.05, 3.63) is 23.3 Å². The second-order valence-corrected chi connectivity index (χ2v) is 6.25. The standard InChI is InChI=1S/C16H25N3O/c1-11(2)8-16-17-12(3)9-15(18-16)14-6-5-7-19(10-14)13(4)20/h9,11,14H,5-8,10H2,1-4H3. The van der Waals surface area contributed by atoms with Crippen LogP contribution in [0.25, 0.3) is 0 Å². The Morgan fingerprint density at radius 1 is 1.45 bits per heavy atom. The number of carbonyl (C=O) groups excluding carboxylic acids is 1. The minimum Gasteiger partial charge on any atom is -0.342 e. The van der Waals surface area contributed by atoms with Crippen LogP contribution in [-0.4, -0.2) is 33.9 Å². The lowest BCUT2D eigenvalue weighted by Gasteiger charge is -2.32. The summed E-state index contributed by atoms with van der Waals surface area (Å²) in [6.45, 7) is 9.73. The average Bonchev–Trinajstić information content (AvgIpc) is 2.37. The van der Waals surface area contributed by atoms with E-state index < -0.39 is 0 Å². The molecular formula is C16H25N3O. The highest BCUT2D eigenvalue weighted by Gasteiger charge is 2.24. The maximum Gasteiger partial charge on any atom is 0.219 e. The van der Waals surface area contributed by atoms with E-state index in [4.69, 9.17) is 4.98 Å². The third kappa shape index (κ3) is 3.78. The molecule has 2 rings (SSSR count). The van der Waals surface area contributed by atoms with Gasteiger partial charge in [-0.25, -0.2) is 9.97 Å². The largest absolute Gasteiger partial charge is 0.342 e. The van der Waals surface area contributed by atoms with Gasteiger partial charge in [0.15, 0.2) is 0 Å². The third-order valence-electron chi connectivity index (χ3n) is 3.80. The zero-order valence-corrected chi connectivity index (χ0v) is 13.0. The van der Waals surface area contributed by atoms with Gasteiger partial charge in [0.2, 0.25) is 5.91 Å². The van der Waals surface area contributed by atoms with Crippen LogP contribution < -0.4 is 0 Å². The molecule has 1 saturated heterocycles. The van der Waals surface area contributed by atoms with Crippen LogP contribution in [0, 0.1) is 12.8 Å². The quantitative estimate of drug-likeness (QED) is 0.852. The summed E-state index contributed by atoms with van der Waals surface area (Å²) in [6.07, 6.45) is 3.09. The minimum atomic E-state index is 0.169. The fourth-order valence-electron chi connectivity index (χ4n) is 2.83.